The Hall–Kier alpha value is -3.56. The van der Waals surface area contributed by atoms with Gasteiger partial charge in [0.05, 0.1) is 18.4 Å². The molecule has 0 saturated heterocycles. The van der Waals surface area contributed by atoms with Crippen molar-refractivity contribution in [2.24, 2.45) is 0 Å². The van der Waals surface area contributed by atoms with E-state index in [1.807, 2.05) is 19.1 Å². The fraction of sp³-hybridized carbons (Fsp3) is 0.286. The highest BCUT2D eigenvalue weighted by molar-refractivity contribution is 7.89. The summed E-state index contributed by atoms with van der Waals surface area (Å²) >= 11 is 6.02. The van der Waals surface area contributed by atoms with Gasteiger partial charge in [-0.05, 0) is 61.2 Å². The number of sulfonamides is 1. The van der Waals surface area contributed by atoms with Crippen LogP contribution in [0.25, 0.3) is 0 Å². The third-order valence-electron chi connectivity index (χ3n) is 5.79. The summed E-state index contributed by atoms with van der Waals surface area (Å²) in [5.74, 6) is -0.591. The van der Waals surface area contributed by atoms with Crippen LogP contribution < -0.4 is 19.5 Å². The molecule has 1 atom stereocenters. The second-order valence-corrected chi connectivity index (χ2v) is 11.5. The highest BCUT2D eigenvalue weighted by Gasteiger charge is 2.33. The van der Waals surface area contributed by atoms with Crippen LogP contribution in [0, 0.1) is 0 Å². The van der Waals surface area contributed by atoms with Gasteiger partial charge in [0.2, 0.25) is 10.0 Å². The van der Waals surface area contributed by atoms with E-state index in [4.69, 9.17) is 21.1 Å². The Kier molecular flexibility index (Phi) is 9.40. The number of ether oxygens (including phenoxy) is 2. The zero-order valence-corrected chi connectivity index (χ0v) is 23.2. The Morgan fingerprint density at radius 3 is 2.29 bits per heavy atom. The molecule has 2 N–H and O–H groups in total. The first kappa shape index (κ1) is 29.0. The highest BCUT2D eigenvalue weighted by atomic mass is 35.5. The van der Waals surface area contributed by atoms with Crippen molar-refractivity contribution in [2.45, 2.75) is 38.0 Å². The molecule has 0 aliphatic rings. The van der Waals surface area contributed by atoms with E-state index >= 15 is 0 Å². The molecule has 0 aliphatic heterocycles. The van der Waals surface area contributed by atoms with E-state index < -0.39 is 21.5 Å². The molecule has 0 fully saturated rings. The number of hydrogen-bond acceptors (Lipinski definition) is 6. The van der Waals surface area contributed by atoms with Gasteiger partial charge in [-0.2, -0.15) is 0 Å². The predicted octanol–water partition coefficient (Wildman–Crippen LogP) is 4.69. The van der Waals surface area contributed by atoms with Crippen molar-refractivity contribution >= 4 is 33.4 Å². The number of nitrogens with one attached hydrogen (secondary N) is 2. The van der Waals surface area contributed by atoms with Crippen molar-refractivity contribution in [3.63, 3.8) is 0 Å². The van der Waals surface area contributed by atoms with E-state index in [0.29, 0.717) is 34.2 Å². The maximum Gasteiger partial charge on any atom is 0.277 e. The largest absolute Gasteiger partial charge is 0.496 e. The number of methoxy groups -OCH3 is 1. The molecule has 0 heterocycles. The molecule has 0 aromatic heterocycles. The normalized spacial score (nSPS) is 12.3. The lowest BCUT2D eigenvalue weighted by Gasteiger charge is -2.25. The van der Waals surface area contributed by atoms with Crippen molar-refractivity contribution in [1.29, 1.82) is 0 Å². The molecule has 10 heteroatoms. The summed E-state index contributed by atoms with van der Waals surface area (Å²) in [6.07, 6.45) is 0. The van der Waals surface area contributed by atoms with Gasteiger partial charge in [0.1, 0.15) is 11.5 Å². The summed E-state index contributed by atoms with van der Waals surface area (Å²) in [5, 5.41) is 3.32. The average molecular weight is 559 g/mol. The molecule has 1 unspecified atom stereocenters. The van der Waals surface area contributed by atoms with Crippen LogP contribution >= 0.6 is 11.6 Å². The molecule has 0 saturated carbocycles. The molecule has 202 valence electrons. The number of rotatable bonds is 11. The monoisotopic (exact) mass is 558 g/mol. The number of hydrogen-bond donors (Lipinski definition) is 2. The number of carbonyl (C=O) groups is 2. The van der Waals surface area contributed by atoms with Crippen LogP contribution in [0.1, 0.15) is 48.2 Å². The van der Waals surface area contributed by atoms with Crippen molar-refractivity contribution in [2.75, 3.05) is 13.7 Å². The minimum Gasteiger partial charge on any atom is -0.496 e. The van der Waals surface area contributed by atoms with Crippen LogP contribution in [-0.4, -0.2) is 39.5 Å². The summed E-state index contributed by atoms with van der Waals surface area (Å²) < 4.78 is 38.1. The van der Waals surface area contributed by atoms with Crippen LogP contribution in [0.15, 0.2) is 72.8 Å². The minimum absolute atomic E-state index is 0.0300. The molecule has 0 aliphatic carbocycles. The number of carbonyl (C=O) groups excluding carboxylic acids is 2. The van der Waals surface area contributed by atoms with Crippen molar-refractivity contribution < 1.29 is 27.5 Å². The predicted molar refractivity (Wildman–Crippen MR) is 147 cm³/mol. The molecule has 3 aromatic rings. The van der Waals surface area contributed by atoms with Gasteiger partial charge in [0.15, 0.2) is 5.60 Å². The van der Waals surface area contributed by atoms with Crippen LogP contribution in [-0.2, 0) is 20.6 Å². The SMILES string of the molecule is COc1ccc(Cl)cc1C(=O)NCC(C)c1ccc(OC(C)(C)C(=O)NS(=O)(=O)Cc2ccccc2)cc1. The van der Waals surface area contributed by atoms with E-state index in [-0.39, 0.29) is 17.6 Å². The molecular formula is C28H31ClN2O6S. The van der Waals surface area contributed by atoms with Crippen LogP contribution in [0.3, 0.4) is 0 Å². The van der Waals surface area contributed by atoms with Gasteiger partial charge in [0.25, 0.3) is 11.8 Å². The lowest BCUT2D eigenvalue weighted by Crippen LogP contribution is -2.48. The fourth-order valence-electron chi connectivity index (χ4n) is 3.62. The standard InChI is InChI=1S/C28H31ClN2O6S/c1-19(17-30-26(32)24-16-22(29)12-15-25(24)36-4)21-10-13-23(14-11-21)37-28(2,3)27(33)31-38(34,35)18-20-8-6-5-7-9-20/h5-16,19H,17-18H2,1-4H3,(H,30,32)(H,31,33). The van der Waals surface area contributed by atoms with Gasteiger partial charge in [-0.1, -0.05) is 61.0 Å². The molecule has 3 aromatic carbocycles. The maximum atomic E-state index is 12.7. The first-order valence-electron chi connectivity index (χ1n) is 11.9. The molecular weight excluding hydrogens is 528 g/mol. The smallest absolute Gasteiger partial charge is 0.277 e. The number of benzene rings is 3. The minimum atomic E-state index is -3.90. The third-order valence-corrected chi connectivity index (χ3v) is 7.24. The quantitative estimate of drug-likeness (QED) is 0.353. The first-order valence-corrected chi connectivity index (χ1v) is 13.9. The second kappa shape index (κ2) is 12.3. The van der Waals surface area contributed by atoms with Gasteiger partial charge >= 0.3 is 0 Å². The molecule has 2 amide bonds. The third kappa shape index (κ3) is 7.97. The number of halogens is 1. The molecule has 0 radical (unpaired) electrons. The van der Waals surface area contributed by atoms with Gasteiger partial charge in [-0.3, -0.25) is 9.59 Å². The first-order chi connectivity index (χ1) is 17.9. The molecule has 3 rings (SSSR count). The zero-order chi connectivity index (χ0) is 27.9. The van der Waals surface area contributed by atoms with Crippen molar-refractivity contribution in [1.82, 2.24) is 10.0 Å². The van der Waals surface area contributed by atoms with Gasteiger partial charge in [0, 0.05) is 11.6 Å². The Labute approximate surface area is 228 Å². The number of amides is 2. The van der Waals surface area contributed by atoms with E-state index in [2.05, 4.69) is 10.0 Å². The zero-order valence-electron chi connectivity index (χ0n) is 21.7. The summed E-state index contributed by atoms with van der Waals surface area (Å²) in [5.41, 5.74) is 0.408. The molecule has 0 bridgehead atoms. The lowest BCUT2D eigenvalue weighted by molar-refractivity contribution is -0.132. The summed E-state index contributed by atoms with van der Waals surface area (Å²) in [7, 11) is -2.41. The van der Waals surface area contributed by atoms with Crippen LogP contribution in [0.4, 0.5) is 0 Å². The Morgan fingerprint density at radius 2 is 1.66 bits per heavy atom. The van der Waals surface area contributed by atoms with Gasteiger partial charge in [-0.15, -0.1) is 0 Å². The Morgan fingerprint density at radius 1 is 1.00 bits per heavy atom. The molecule has 8 nitrogen and oxygen atoms in total. The van der Waals surface area contributed by atoms with Crippen LogP contribution in [0.5, 0.6) is 11.5 Å². The topological polar surface area (TPSA) is 111 Å². The van der Waals surface area contributed by atoms with E-state index in [9.17, 15) is 18.0 Å². The second-order valence-electron chi connectivity index (χ2n) is 9.31. The molecule has 38 heavy (non-hydrogen) atoms. The Bertz CT molecular complexity index is 1380. The summed E-state index contributed by atoms with van der Waals surface area (Å²) in [6.45, 7) is 5.31. The van der Waals surface area contributed by atoms with Crippen molar-refractivity contribution in [3.05, 3.63) is 94.5 Å². The lowest BCUT2D eigenvalue weighted by atomic mass is 10.0. The summed E-state index contributed by atoms with van der Waals surface area (Å²) in [6, 6.07) is 20.5. The van der Waals surface area contributed by atoms with Gasteiger partial charge in [-0.25, -0.2) is 13.1 Å². The Balaban J connectivity index is 1.57. The molecule has 0 spiro atoms. The fourth-order valence-corrected chi connectivity index (χ4v) is 5.02. The van der Waals surface area contributed by atoms with E-state index in [1.165, 1.54) is 21.0 Å². The average Bonchev–Trinajstić information content (AvgIpc) is 2.87. The van der Waals surface area contributed by atoms with Crippen LogP contribution in [0.2, 0.25) is 5.02 Å². The maximum absolute atomic E-state index is 12.7. The van der Waals surface area contributed by atoms with Crippen molar-refractivity contribution in [3.8, 4) is 11.5 Å². The van der Waals surface area contributed by atoms with E-state index in [0.717, 1.165) is 5.56 Å². The highest BCUT2D eigenvalue weighted by Crippen LogP contribution is 2.25. The summed E-state index contributed by atoms with van der Waals surface area (Å²) in [4.78, 5) is 25.3. The van der Waals surface area contributed by atoms with E-state index in [1.54, 1.807) is 60.7 Å². The van der Waals surface area contributed by atoms with Gasteiger partial charge < -0.3 is 14.8 Å².